The Morgan fingerprint density at radius 3 is 2.77 bits per heavy atom. The lowest BCUT2D eigenvalue weighted by Gasteiger charge is -2.24. The van der Waals surface area contributed by atoms with Crippen LogP contribution in [0.3, 0.4) is 0 Å². The van der Waals surface area contributed by atoms with Crippen LogP contribution in [0.5, 0.6) is 5.75 Å². The first-order valence-corrected chi connectivity index (χ1v) is 8.03. The third kappa shape index (κ3) is 3.73. The quantitative estimate of drug-likeness (QED) is 0.844. The smallest absolute Gasteiger partial charge is 0.323 e. The largest absolute Gasteiger partial charge is 0.487 e. The average Bonchev–Trinajstić information content (AvgIpc) is 2.97. The van der Waals surface area contributed by atoms with Crippen molar-refractivity contribution >= 4 is 17.6 Å². The molecule has 4 nitrogen and oxygen atoms in total. The van der Waals surface area contributed by atoms with Crippen molar-refractivity contribution in [2.75, 3.05) is 13.7 Å². The summed E-state index contributed by atoms with van der Waals surface area (Å²) in [6.07, 6.45) is 1.55. The molecule has 2 rings (SSSR count). The maximum Gasteiger partial charge on any atom is 0.323 e. The van der Waals surface area contributed by atoms with E-state index in [0.717, 1.165) is 6.42 Å². The average molecular weight is 326 g/mol. The molecule has 122 valence electrons. The number of halogens is 1. The Balaban J connectivity index is 2.04. The minimum absolute atomic E-state index is 0.0772. The molecule has 0 amide bonds. The molecule has 0 aliphatic carbocycles. The first-order valence-electron chi connectivity index (χ1n) is 7.65. The third-order valence-corrected chi connectivity index (χ3v) is 4.76. The van der Waals surface area contributed by atoms with Gasteiger partial charge in [-0.25, -0.2) is 0 Å². The SMILES string of the molecule is CCC(C)(C)c1ccc(O[C@@H]2CN[C@H](C(=O)OC)C2)c(Cl)c1. The Hall–Kier alpha value is -1.26. The van der Waals surface area contributed by atoms with Gasteiger partial charge in [-0.05, 0) is 29.5 Å². The maximum absolute atomic E-state index is 11.5. The van der Waals surface area contributed by atoms with Gasteiger partial charge in [-0.1, -0.05) is 38.4 Å². The molecule has 0 unspecified atom stereocenters. The molecule has 0 bridgehead atoms. The zero-order valence-electron chi connectivity index (χ0n) is 13.6. The van der Waals surface area contributed by atoms with Gasteiger partial charge in [0.05, 0.1) is 12.1 Å². The Kier molecular flexibility index (Phi) is 5.35. The minimum atomic E-state index is -0.299. The van der Waals surface area contributed by atoms with E-state index in [1.807, 2.05) is 12.1 Å². The van der Waals surface area contributed by atoms with Gasteiger partial charge < -0.3 is 14.8 Å². The van der Waals surface area contributed by atoms with E-state index in [9.17, 15) is 4.79 Å². The highest BCUT2D eigenvalue weighted by atomic mass is 35.5. The van der Waals surface area contributed by atoms with E-state index in [1.165, 1.54) is 12.7 Å². The van der Waals surface area contributed by atoms with Gasteiger partial charge in [0.1, 0.15) is 17.9 Å². The van der Waals surface area contributed by atoms with Crippen LogP contribution in [0.2, 0.25) is 5.02 Å². The predicted molar refractivity (Wildman–Crippen MR) is 87.6 cm³/mol. The second-order valence-corrected chi connectivity index (χ2v) is 6.75. The van der Waals surface area contributed by atoms with Crippen molar-refractivity contribution < 1.29 is 14.3 Å². The number of methoxy groups -OCH3 is 1. The molecule has 1 heterocycles. The molecule has 1 aromatic carbocycles. The number of benzene rings is 1. The molecule has 0 spiro atoms. The van der Waals surface area contributed by atoms with Gasteiger partial charge in [0.2, 0.25) is 0 Å². The highest BCUT2D eigenvalue weighted by molar-refractivity contribution is 6.32. The molecule has 1 aromatic rings. The van der Waals surface area contributed by atoms with Crippen molar-refractivity contribution in [3.8, 4) is 5.75 Å². The van der Waals surface area contributed by atoms with Gasteiger partial charge >= 0.3 is 5.97 Å². The fraction of sp³-hybridized carbons (Fsp3) is 0.588. The van der Waals surface area contributed by atoms with Crippen LogP contribution in [-0.4, -0.2) is 31.8 Å². The minimum Gasteiger partial charge on any atom is -0.487 e. The Morgan fingerprint density at radius 1 is 1.45 bits per heavy atom. The summed E-state index contributed by atoms with van der Waals surface area (Å²) >= 11 is 6.36. The molecular formula is C17H24ClNO3. The van der Waals surface area contributed by atoms with Crippen LogP contribution in [0.4, 0.5) is 0 Å². The van der Waals surface area contributed by atoms with Crippen molar-refractivity contribution in [1.29, 1.82) is 0 Å². The summed E-state index contributed by atoms with van der Waals surface area (Å²) in [6, 6.07) is 5.65. The van der Waals surface area contributed by atoms with Crippen molar-refractivity contribution in [1.82, 2.24) is 5.32 Å². The molecule has 1 saturated heterocycles. The first-order chi connectivity index (χ1) is 10.4. The van der Waals surface area contributed by atoms with Crippen LogP contribution in [0, 0.1) is 0 Å². The highest BCUT2D eigenvalue weighted by Crippen LogP contribution is 2.34. The van der Waals surface area contributed by atoms with E-state index >= 15 is 0 Å². The van der Waals surface area contributed by atoms with E-state index in [1.54, 1.807) is 0 Å². The first kappa shape index (κ1) is 17.1. The summed E-state index contributed by atoms with van der Waals surface area (Å²) in [7, 11) is 1.39. The lowest BCUT2D eigenvalue weighted by atomic mass is 9.82. The number of carbonyl (C=O) groups is 1. The second kappa shape index (κ2) is 6.88. The molecule has 0 aromatic heterocycles. The fourth-order valence-electron chi connectivity index (χ4n) is 2.52. The lowest BCUT2D eigenvalue weighted by Crippen LogP contribution is -2.31. The summed E-state index contributed by atoms with van der Waals surface area (Å²) in [5.74, 6) is 0.409. The molecule has 5 heteroatoms. The predicted octanol–water partition coefficient (Wildman–Crippen LogP) is 3.31. The summed E-state index contributed by atoms with van der Waals surface area (Å²) in [5.41, 5.74) is 1.29. The molecule has 2 atom stereocenters. The van der Waals surface area contributed by atoms with Crippen LogP contribution in [0.25, 0.3) is 0 Å². The van der Waals surface area contributed by atoms with Crippen molar-refractivity contribution in [2.24, 2.45) is 0 Å². The van der Waals surface area contributed by atoms with E-state index in [4.69, 9.17) is 21.1 Å². The normalized spacial score (nSPS) is 21.7. The van der Waals surface area contributed by atoms with Crippen LogP contribution >= 0.6 is 11.6 Å². The maximum atomic E-state index is 11.5. The molecular weight excluding hydrogens is 302 g/mol. The van der Waals surface area contributed by atoms with Crippen LogP contribution in [-0.2, 0) is 14.9 Å². The molecule has 0 radical (unpaired) electrons. The van der Waals surface area contributed by atoms with E-state index < -0.39 is 0 Å². The number of hydrogen-bond donors (Lipinski definition) is 1. The number of rotatable bonds is 5. The number of carbonyl (C=O) groups excluding carboxylic acids is 1. The number of esters is 1. The lowest BCUT2D eigenvalue weighted by molar-refractivity contribution is -0.142. The number of ether oxygens (including phenoxy) is 2. The number of hydrogen-bond acceptors (Lipinski definition) is 4. The summed E-state index contributed by atoms with van der Waals surface area (Å²) < 4.78 is 10.7. The summed E-state index contributed by atoms with van der Waals surface area (Å²) in [5, 5.41) is 3.71. The Labute approximate surface area is 137 Å². The van der Waals surface area contributed by atoms with Gasteiger partial charge in [-0.3, -0.25) is 4.79 Å². The van der Waals surface area contributed by atoms with E-state index in [0.29, 0.717) is 23.7 Å². The van der Waals surface area contributed by atoms with Crippen molar-refractivity contribution in [3.63, 3.8) is 0 Å². The summed E-state index contributed by atoms with van der Waals surface area (Å²) in [6.45, 7) is 7.16. The van der Waals surface area contributed by atoms with E-state index in [2.05, 4.69) is 32.2 Å². The third-order valence-electron chi connectivity index (χ3n) is 4.47. The zero-order chi connectivity index (χ0) is 16.3. The van der Waals surface area contributed by atoms with Gasteiger partial charge in [0, 0.05) is 13.0 Å². The van der Waals surface area contributed by atoms with E-state index in [-0.39, 0.29) is 23.5 Å². The molecule has 1 N–H and O–H groups in total. The van der Waals surface area contributed by atoms with Gasteiger partial charge in [0.25, 0.3) is 0 Å². The van der Waals surface area contributed by atoms with Crippen LogP contribution < -0.4 is 10.1 Å². The Bertz CT molecular complexity index is 545. The van der Waals surface area contributed by atoms with Crippen molar-refractivity contribution in [2.45, 2.75) is 51.2 Å². The molecule has 1 aliphatic rings. The standard InChI is InChI=1S/C17H24ClNO3/c1-5-17(2,3)11-6-7-15(13(18)8-11)22-12-9-14(19-10-12)16(20)21-4/h6-8,12,14,19H,5,9-10H2,1-4H3/t12-,14-/m0/s1. The second-order valence-electron chi connectivity index (χ2n) is 6.34. The summed E-state index contributed by atoms with van der Waals surface area (Å²) in [4.78, 5) is 11.5. The van der Waals surface area contributed by atoms with Gasteiger partial charge in [-0.2, -0.15) is 0 Å². The zero-order valence-corrected chi connectivity index (χ0v) is 14.4. The molecule has 0 saturated carbocycles. The molecule has 1 aliphatic heterocycles. The topological polar surface area (TPSA) is 47.6 Å². The Morgan fingerprint density at radius 2 is 2.18 bits per heavy atom. The fourth-order valence-corrected chi connectivity index (χ4v) is 2.74. The van der Waals surface area contributed by atoms with Crippen LogP contribution in [0.15, 0.2) is 18.2 Å². The molecule has 1 fully saturated rings. The molecule has 22 heavy (non-hydrogen) atoms. The van der Waals surface area contributed by atoms with Crippen LogP contribution in [0.1, 0.15) is 39.2 Å². The van der Waals surface area contributed by atoms with Gasteiger partial charge in [-0.15, -0.1) is 0 Å². The highest BCUT2D eigenvalue weighted by Gasteiger charge is 2.31. The van der Waals surface area contributed by atoms with Crippen molar-refractivity contribution in [3.05, 3.63) is 28.8 Å². The monoisotopic (exact) mass is 325 g/mol. The number of nitrogens with one attached hydrogen (secondary N) is 1. The van der Waals surface area contributed by atoms with Gasteiger partial charge in [0.15, 0.2) is 0 Å².